The van der Waals surface area contributed by atoms with Gasteiger partial charge in [-0.3, -0.25) is 0 Å². The van der Waals surface area contributed by atoms with Gasteiger partial charge < -0.3 is 4.90 Å². The smallest absolute Gasteiger partial charge is 0.103 e. The molecule has 0 bridgehead atoms. The molecule has 1 aliphatic rings. The van der Waals surface area contributed by atoms with Gasteiger partial charge in [-0.25, -0.2) is 4.99 Å². The summed E-state index contributed by atoms with van der Waals surface area (Å²) < 4.78 is 0. The van der Waals surface area contributed by atoms with Gasteiger partial charge in [0.25, 0.3) is 0 Å². The van der Waals surface area contributed by atoms with Crippen LogP contribution in [0.5, 0.6) is 0 Å². The molecule has 0 saturated carbocycles. The SMILES string of the molecule is C=CC1=C=NC=CN1C(C)(C)C. The van der Waals surface area contributed by atoms with Crippen LogP contribution in [0.2, 0.25) is 0 Å². The topological polar surface area (TPSA) is 15.6 Å². The van der Waals surface area contributed by atoms with Crippen molar-refractivity contribution in [2.75, 3.05) is 0 Å². The second kappa shape index (κ2) is 3.00. The van der Waals surface area contributed by atoms with Crippen LogP contribution in [0.4, 0.5) is 0 Å². The summed E-state index contributed by atoms with van der Waals surface area (Å²) in [6.07, 6.45) is 5.43. The van der Waals surface area contributed by atoms with Gasteiger partial charge in [-0.1, -0.05) is 6.58 Å². The Morgan fingerprint density at radius 1 is 1.58 bits per heavy atom. The summed E-state index contributed by atoms with van der Waals surface area (Å²) in [5, 5.41) is 0. The Morgan fingerprint density at radius 3 is 2.67 bits per heavy atom. The summed E-state index contributed by atoms with van der Waals surface area (Å²) in [5.41, 5.74) is 0.980. The molecule has 64 valence electrons. The lowest BCUT2D eigenvalue weighted by atomic mass is 10.1. The number of aliphatic imine (C=N–C) groups is 1. The molecule has 0 aromatic heterocycles. The molecule has 0 atom stereocenters. The van der Waals surface area contributed by atoms with E-state index < -0.39 is 0 Å². The van der Waals surface area contributed by atoms with Crippen molar-refractivity contribution >= 4 is 5.87 Å². The summed E-state index contributed by atoms with van der Waals surface area (Å²) in [6, 6.07) is 0. The van der Waals surface area contributed by atoms with Crippen LogP contribution in [0.15, 0.2) is 35.7 Å². The minimum atomic E-state index is 0.0585. The van der Waals surface area contributed by atoms with Gasteiger partial charge in [0.2, 0.25) is 0 Å². The third-order valence-corrected chi connectivity index (χ3v) is 1.64. The third kappa shape index (κ3) is 1.66. The molecule has 2 heteroatoms. The molecule has 0 aromatic carbocycles. The highest BCUT2D eigenvalue weighted by atomic mass is 15.2. The molecule has 2 nitrogen and oxygen atoms in total. The van der Waals surface area contributed by atoms with Crippen LogP contribution >= 0.6 is 0 Å². The van der Waals surface area contributed by atoms with E-state index in [0.29, 0.717) is 0 Å². The molecule has 0 spiro atoms. The van der Waals surface area contributed by atoms with Crippen LogP contribution in [0.1, 0.15) is 20.8 Å². The maximum Gasteiger partial charge on any atom is 0.103 e. The first-order valence-corrected chi connectivity index (χ1v) is 3.97. The van der Waals surface area contributed by atoms with Crippen molar-refractivity contribution in [3.8, 4) is 0 Å². The Morgan fingerprint density at radius 2 is 2.25 bits per heavy atom. The van der Waals surface area contributed by atoms with Crippen molar-refractivity contribution in [2.24, 2.45) is 4.99 Å². The second-order valence-electron chi connectivity index (χ2n) is 3.67. The van der Waals surface area contributed by atoms with E-state index in [4.69, 9.17) is 0 Å². The number of rotatable bonds is 1. The highest BCUT2D eigenvalue weighted by Gasteiger charge is 2.20. The van der Waals surface area contributed by atoms with Crippen LogP contribution in [0.25, 0.3) is 0 Å². The van der Waals surface area contributed by atoms with E-state index in [9.17, 15) is 0 Å². The third-order valence-electron chi connectivity index (χ3n) is 1.64. The molecule has 0 unspecified atom stereocenters. The van der Waals surface area contributed by atoms with Gasteiger partial charge in [-0.15, -0.1) is 0 Å². The molecule has 0 aliphatic carbocycles. The first-order chi connectivity index (χ1) is 5.55. The van der Waals surface area contributed by atoms with Gasteiger partial charge in [-0.2, -0.15) is 0 Å². The molecule has 0 saturated heterocycles. The van der Waals surface area contributed by atoms with E-state index in [1.165, 1.54) is 0 Å². The molecule has 1 aliphatic heterocycles. The maximum atomic E-state index is 3.91. The average Bonchev–Trinajstić information content (AvgIpc) is 2.03. The van der Waals surface area contributed by atoms with Gasteiger partial charge in [0.1, 0.15) is 5.70 Å². The summed E-state index contributed by atoms with van der Waals surface area (Å²) in [7, 11) is 0. The van der Waals surface area contributed by atoms with Gasteiger partial charge >= 0.3 is 0 Å². The molecule has 1 rings (SSSR count). The Hall–Kier alpha value is -1.27. The van der Waals surface area contributed by atoms with E-state index in [1.807, 2.05) is 6.20 Å². The average molecular weight is 162 g/mol. The summed E-state index contributed by atoms with van der Waals surface area (Å²) in [5.74, 6) is 2.89. The molecule has 0 aromatic rings. The lowest BCUT2D eigenvalue weighted by Gasteiger charge is -2.34. The normalized spacial score (nSPS) is 16.2. The van der Waals surface area contributed by atoms with Crippen molar-refractivity contribution in [3.05, 3.63) is 30.8 Å². The van der Waals surface area contributed by atoms with E-state index in [2.05, 4.69) is 43.1 Å². The Kier molecular flexibility index (Phi) is 2.20. The molecule has 12 heavy (non-hydrogen) atoms. The minimum Gasteiger partial charge on any atom is -0.334 e. The quantitative estimate of drug-likeness (QED) is 0.577. The zero-order chi connectivity index (χ0) is 9.19. The fourth-order valence-corrected chi connectivity index (χ4v) is 1.07. The second-order valence-corrected chi connectivity index (χ2v) is 3.67. The first kappa shape index (κ1) is 8.82. The fourth-order valence-electron chi connectivity index (χ4n) is 1.07. The summed E-state index contributed by atoms with van der Waals surface area (Å²) in [6.45, 7) is 10.1. The largest absolute Gasteiger partial charge is 0.334 e. The molecule has 0 N–H and O–H groups in total. The predicted molar refractivity (Wildman–Crippen MR) is 51.9 cm³/mol. The van der Waals surface area contributed by atoms with Crippen LogP contribution in [0.3, 0.4) is 0 Å². The summed E-state index contributed by atoms with van der Waals surface area (Å²) in [4.78, 5) is 6.00. The lowest BCUT2D eigenvalue weighted by molar-refractivity contribution is 0.267. The van der Waals surface area contributed by atoms with E-state index in [1.54, 1.807) is 12.3 Å². The van der Waals surface area contributed by atoms with Crippen molar-refractivity contribution < 1.29 is 0 Å². The van der Waals surface area contributed by atoms with Crippen molar-refractivity contribution in [1.29, 1.82) is 0 Å². The maximum absolute atomic E-state index is 3.91. The van der Waals surface area contributed by atoms with Crippen LogP contribution < -0.4 is 0 Å². The molecular weight excluding hydrogens is 148 g/mol. The predicted octanol–water partition coefficient (Wildman–Crippen LogP) is 2.31. The minimum absolute atomic E-state index is 0.0585. The molecule has 1 heterocycles. The van der Waals surface area contributed by atoms with Gasteiger partial charge in [0.15, 0.2) is 0 Å². The van der Waals surface area contributed by atoms with E-state index >= 15 is 0 Å². The summed E-state index contributed by atoms with van der Waals surface area (Å²) >= 11 is 0. The van der Waals surface area contributed by atoms with Crippen molar-refractivity contribution in [2.45, 2.75) is 26.3 Å². The van der Waals surface area contributed by atoms with Crippen molar-refractivity contribution in [1.82, 2.24) is 4.90 Å². The van der Waals surface area contributed by atoms with Gasteiger partial charge in [-0.05, 0) is 26.8 Å². The van der Waals surface area contributed by atoms with Crippen LogP contribution in [-0.2, 0) is 0 Å². The fraction of sp³-hybridized carbons (Fsp3) is 0.400. The Balaban J connectivity index is 3.01. The van der Waals surface area contributed by atoms with Gasteiger partial charge in [0, 0.05) is 17.6 Å². The zero-order valence-electron chi connectivity index (χ0n) is 7.83. The molecular formula is C10H14N2. The number of hydrogen-bond donors (Lipinski definition) is 0. The van der Waals surface area contributed by atoms with E-state index in [-0.39, 0.29) is 5.54 Å². The molecule has 0 amide bonds. The highest BCUT2D eigenvalue weighted by Crippen LogP contribution is 2.20. The standard InChI is InChI=1S/C10H14N2/c1-5-9-8-11-6-7-12(9)10(2,3)4/h5-7H,1H2,2-4H3. The monoisotopic (exact) mass is 162 g/mol. The van der Waals surface area contributed by atoms with Crippen LogP contribution in [0, 0.1) is 0 Å². The lowest BCUT2D eigenvalue weighted by Crippen LogP contribution is -2.36. The number of allylic oxidation sites excluding steroid dienone is 1. The van der Waals surface area contributed by atoms with Crippen molar-refractivity contribution in [3.63, 3.8) is 0 Å². The zero-order valence-corrected chi connectivity index (χ0v) is 7.83. The highest BCUT2D eigenvalue weighted by molar-refractivity contribution is 5.63. The Labute approximate surface area is 73.6 Å². The number of hydrogen-bond acceptors (Lipinski definition) is 2. The molecule has 0 fully saturated rings. The Bertz CT molecular complexity index is 273. The van der Waals surface area contributed by atoms with Gasteiger partial charge in [0.05, 0.1) is 6.20 Å². The number of nitrogens with zero attached hydrogens (tertiary/aromatic N) is 2. The first-order valence-electron chi connectivity index (χ1n) is 3.97. The van der Waals surface area contributed by atoms with E-state index in [0.717, 1.165) is 5.70 Å². The molecule has 0 radical (unpaired) electrons. The van der Waals surface area contributed by atoms with Crippen LogP contribution in [-0.4, -0.2) is 16.3 Å².